The molecule has 0 amide bonds. The zero-order valence-electron chi connectivity index (χ0n) is 9.76. The van der Waals surface area contributed by atoms with E-state index in [2.05, 4.69) is 15.0 Å². The van der Waals surface area contributed by atoms with Crippen molar-refractivity contribution < 1.29 is 0 Å². The molecule has 0 spiro atoms. The van der Waals surface area contributed by atoms with E-state index in [1.54, 1.807) is 18.5 Å². The molecule has 2 heterocycles. The van der Waals surface area contributed by atoms with Crippen molar-refractivity contribution in [2.75, 3.05) is 0 Å². The molecule has 4 heteroatoms. The van der Waals surface area contributed by atoms with Crippen molar-refractivity contribution in [3.05, 3.63) is 53.4 Å². The molecule has 0 unspecified atom stereocenters. The zero-order valence-corrected chi connectivity index (χ0v) is 10.5. The third-order valence-corrected chi connectivity index (χ3v) is 2.94. The highest BCUT2D eigenvalue weighted by atomic mass is 35.5. The van der Waals surface area contributed by atoms with E-state index in [0.29, 0.717) is 5.15 Å². The Labute approximate surface area is 109 Å². The number of hydrogen-bond acceptors (Lipinski definition) is 3. The SMILES string of the molecule is Cc1ccc2ncc(-c3ccc(Cl)nc3)nc2c1. The Kier molecular flexibility index (Phi) is 2.68. The van der Waals surface area contributed by atoms with Crippen LogP contribution < -0.4 is 0 Å². The Hall–Kier alpha value is -2.00. The Bertz CT molecular complexity index is 708. The van der Waals surface area contributed by atoms with Crippen molar-refractivity contribution in [2.45, 2.75) is 6.92 Å². The average molecular weight is 256 g/mol. The number of rotatable bonds is 1. The lowest BCUT2D eigenvalue weighted by Crippen LogP contribution is -1.89. The molecule has 0 aliphatic carbocycles. The van der Waals surface area contributed by atoms with E-state index < -0.39 is 0 Å². The quantitative estimate of drug-likeness (QED) is 0.623. The first-order chi connectivity index (χ1) is 8.72. The lowest BCUT2D eigenvalue weighted by atomic mass is 10.2. The maximum Gasteiger partial charge on any atom is 0.129 e. The van der Waals surface area contributed by atoms with Crippen molar-refractivity contribution in [3.63, 3.8) is 0 Å². The minimum Gasteiger partial charge on any atom is -0.252 e. The fraction of sp³-hybridized carbons (Fsp3) is 0.0714. The lowest BCUT2D eigenvalue weighted by molar-refractivity contribution is 1.26. The molecule has 0 saturated carbocycles. The Balaban J connectivity index is 2.15. The van der Waals surface area contributed by atoms with Gasteiger partial charge in [-0.05, 0) is 36.8 Å². The van der Waals surface area contributed by atoms with Gasteiger partial charge in [-0.3, -0.25) is 4.98 Å². The molecule has 0 fully saturated rings. The summed E-state index contributed by atoms with van der Waals surface area (Å²) in [5, 5.41) is 0.475. The van der Waals surface area contributed by atoms with E-state index in [1.165, 1.54) is 5.56 Å². The highest BCUT2D eigenvalue weighted by Crippen LogP contribution is 2.20. The van der Waals surface area contributed by atoms with Gasteiger partial charge in [0.1, 0.15) is 5.15 Å². The van der Waals surface area contributed by atoms with Gasteiger partial charge in [-0.25, -0.2) is 9.97 Å². The topological polar surface area (TPSA) is 38.7 Å². The lowest BCUT2D eigenvalue weighted by Gasteiger charge is -2.03. The smallest absolute Gasteiger partial charge is 0.129 e. The average Bonchev–Trinajstić information content (AvgIpc) is 2.38. The summed E-state index contributed by atoms with van der Waals surface area (Å²) in [5.41, 5.74) is 4.67. The Morgan fingerprint density at radius 1 is 0.944 bits per heavy atom. The minimum atomic E-state index is 0.475. The fourth-order valence-corrected chi connectivity index (χ4v) is 1.90. The van der Waals surface area contributed by atoms with Crippen LogP contribution in [0.1, 0.15) is 5.56 Å². The Morgan fingerprint density at radius 2 is 1.83 bits per heavy atom. The molecular formula is C14H10ClN3. The predicted molar refractivity (Wildman–Crippen MR) is 72.5 cm³/mol. The van der Waals surface area contributed by atoms with Crippen LogP contribution in [0.4, 0.5) is 0 Å². The molecule has 2 aromatic heterocycles. The molecule has 3 aromatic rings. The van der Waals surface area contributed by atoms with E-state index in [9.17, 15) is 0 Å². The molecule has 88 valence electrons. The predicted octanol–water partition coefficient (Wildman–Crippen LogP) is 3.65. The van der Waals surface area contributed by atoms with Crippen LogP contribution in [0.3, 0.4) is 0 Å². The summed E-state index contributed by atoms with van der Waals surface area (Å²) >= 11 is 5.77. The second-order valence-corrected chi connectivity index (χ2v) is 4.50. The maximum absolute atomic E-state index is 5.77. The first-order valence-electron chi connectivity index (χ1n) is 5.58. The van der Waals surface area contributed by atoms with E-state index in [0.717, 1.165) is 22.3 Å². The first-order valence-corrected chi connectivity index (χ1v) is 5.95. The molecule has 0 bridgehead atoms. The number of halogens is 1. The number of pyridine rings is 1. The maximum atomic E-state index is 5.77. The van der Waals surface area contributed by atoms with Gasteiger partial charge in [0.15, 0.2) is 0 Å². The van der Waals surface area contributed by atoms with Crippen LogP contribution in [0.15, 0.2) is 42.7 Å². The van der Waals surface area contributed by atoms with Crippen LogP contribution in [0.25, 0.3) is 22.3 Å². The first kappa shape index (κ1) is 11.1. The van der Waals surface area contributed by atoms with Crippen LogP contribution in [-0.2, 0) is 0 Å². The summed E-state index contributed by atoms with van der Waals surface area (Å²) in [6, 6.07) is 9.66. The van der Waals surface area contributed by atoms with Gasteiger partial charge in [-0.15, -0.1) is 0 Å². The normalized spacial score (nSPS) is 10.8. The van der Waals surface area contributed by atoms with Crippen molar-refractivity contribution in [2.24, 2.45) is 0 Å². The number of fused-ring (bicyclic) bond motifs is 1. The summed E-state index contributed by atoms with van der Waals surface area (Å²) in [6.07, 6.45) is 3.45. The minimum absolute atomic E-state index is 0.475. The largest absolute Gasteiger partial charge is 0.252 e. The van der Waals surface area contributed by atoms with Gasteiger partial charge in [-0.1, -0.05) is 17.7 Å². The summed E-state index contributed by atoms with van der Waals surface area (Å²) in [5.74, 6) is 0. The molecule has 0 atom stereocenters. The molecule has 0 aliphatic rings. The summed E-state index contributed by atoms with van der Waals surface area (Å²) in [4.78, 5) is 13.0. The van der Waals surface area contributed by atoms with E-state index in [-0.39, 0.29) is 0 Å². The summed E-state index contributed by atoms with van der Waals surface area (Å²) < 4.78 is 0. The fourth-order valence-electron chi connectivity index (χ4n) is 1.79. The molecule has 3 rings (SSSR count). The van der Waals surface area contributed by atoms with Gasteiger partial charge in [-0.2, -0.15) is 0 Å². The molecule has 0 saturated heterocycles. The highest BCUT2D eigenvalue weighted by Gasteiger charge is 2.03. The monoisotopic (exact) mass is 255 g/mol. The van der Waals surface area contributed by atoms with Crippen LogP contribution in [0.5, 0.6) is 0 Å². The molecule has 0 radical (unpaired) electrons. The van der Waals surface area contributed by atoms with Crippen molar-refractivity contribution in [1.29, 1.82) is 0 Å². The second kappa shape index (κ2) is 4.35. The number of aryl methyl sites for hydroxylation is 1. The molecule has 0 N–H and O–H groups in total. The van der Waals surface area contributed by atoms with E-state index in [1.807, 2.05) is 31.2 Å². The summed E-state index contributed by atoms with van der Waals surface area (Å²) in [7, 11) is 0. The number of hydrogen-bond donors (Lipinski definition) is 0. The second-order valence-electron chi connectivity index (χ2n) is 4.12. The number of aromatic nitrogens is 3. The van der Waals surface area contributed by atoms with Gasteiger partial charge < -0.3 is 0 Å². The third-order valence-electron chi connectivity index (χ3n) is 2.72. The van der Waals surface area contributed by atoms with Gasteiger partial charge in [0.2, 0.25) is 0 Å². The zero-order chi connectivity index (χ0) is 12.5. The van der Waals surface area contributed by atoms with Crippen LogP contribution in [0.2, 0.25) is 5.15 Å². The van der Waals surface area contributed by atoms with Crippen LogP contribution in [0, 0.1) is 6.92 Å². The molecule has 3 nitrogen and oxygen atoms in total. The van der Waals surface area contributed by atoms with Crippen LogP contribution >= 0.6 is 11.6 Å². The van der Waals surface area contributed by atoms with Gasteiger partial charge in [0.05, 0.1) is 22.9 Å². The van der Waals surface area contributed by atoms with Crippen molar-refractivity contribution >= 4 is 22.6 Å². The van der Waals surface area contributed by atoms with Gasteiger partial charge in [0.25, 0.3) is 0 Å². The standard InChI is InChI=1S/C14H10ClN3/c1-9-2-4-11-12(6-9)18-13(8-16-11)10-3-5-14(15)17-7-10/h2-8H,1H3. The van der Waals surface area contributed by atoms with E-state index in [4.69, 9.17) is 11.6 Å². The van der Waals surface area contributed by atoms with E-state index >= 15 is 0 Å². The van der Waals surface area contributed by atoms with Gasteiger partial charge >= 0.3 is 0 Å². The van der Waals surface area contributed by atoms with Crippen molar-refractivity contribution in [1.82, 2.24) is 15.0 Å². The molecule has 0 aliphatic heterocycles. The van der Waals surface area contributed by atoms with Crippen LogP contribution in [-0.4, -0.2) is 15.0 Å². The summed E-state index contributed by atoms with van der Waals surface area (Å²) in [6.45, 7) is 2.04. The molecule has 18 heavy (non-hydrogen) atoms. The molecular weight excluding hydrogens is 246 g/mol. The molecule has 1 aromatic carbocycles. The number of nitrogens with zero attached hydrogens (tertiary/aromatic N) is 3. The third kappa shape index (κ3) is 2.05. The number of benzene rings is 1. The Morgan fingerprint density at radius 3 is 2.61 bits per heavy atom. The highest BCUT2D eigenvalue weighted by molar-refractivity contribution is 6.29. The van der Waals surface area contributed by atoms with Gasteiger partial charge in [0, 0.05) is 11.8 Å². The van der Waals surface area contributed by atoms with Crippen molar-refractivity contribution in [3.8, 4) is 11.3 Å².